The van der Waals surface area contributed by atoms with Crippen LogP contribution in [0.25, 0.3) is 0 Å². The maximum absolute atomic E-state index is 12.7. The van der Waals surface area contributed by atoms with Gasteiger partial charge in [-0.05, 0) is 32.2 Å². The van der Waals surface area contributed by atoms with Gasteiger partial charge in [-0.3, -0.25) is 9.69 Å². The lowest BCUT2D eigenvalue weighted by Crippen LogP contribution is -2.59. The number of nitrogens with zero attached hydrogens (tertiary/aromatic N) is 3. The predicted molar refractivity (Wildman–Crippen MR) is 78.2 cm³/mol. The van der Waals surface area contributed by atoms with Crippen molar-refractivity contribution in [3.63, 3.8) is 0 Å². The number of rotatable bonds is 2. The van der Waals surface area contributed by atoms with Crippen molar-refractivity contribution in [2.24, 2.45) is 0 Å². The number of hydrogen-bond acceptors (Lipinski definition) is 3. The van der Waals surface area contributed by atoms with Crippen LogP contribution < -0.4 is 0 Å². The minimum absolute atomic E-state index is 0.0592. The third-order valence-electron chi connectivity index (χ3n) is 5.14. The van der Waals surface area contributed by atoms with Crippen LogP contribution in [0.2, 0.25) is 0 Å². The maximum atomic E-state index is 12.7. The molecule has 1 N–H and O–H groups in total. The Morgan fingerprint density at radius 2 is 1.86 bits per heavy atom. The summed E-state index contributed by atoms with van der Waals surface area (Å²) < 4.78 is 0. The second-order valence-corrected chi connectivity index (χ2v) is 6.50. The summed E-state index contributed by atoms with van der Waals surface area (Å²) in [6.45, 7) is 4.44. The summed E-state index contributed by atoms with van der Waals surface area (Å²) in [5, 5.41) is 8.98. The quantitative estimate of drug-likeness (QED) is 0.832. The molecule has 6 heteroatoms. The third kappa shape index (κ3) is 3.15. The average molecular weight is 295 g/mol. The molecule has 6 nitrogen and oxygen atoms in total. The number of carbonyl (C=O) groups is 2. The average Bonchev–Trinajstić information content (AvgIpc) is 2.93. The zero-order valence-electron chi connectivity index (χ0n) is 12.5. The summed E-state index contributed by atoms with van der Waals surface area (Å²) in [6.07, 6.45) is 5.54. The smallest absolute Gasteiger partial charge is 0.320 e. The molecule has 2 unspecified atom stereocenters. The van der Waals surface area contributed by atoms with Crippen LogP contribution in [0, 0.1) is 0 Å². The lowest BCUT2D eigenvalue weighted by atomic mass is 10.00. The summed E-state index contributed by atoms with van der Waals surface area (Å²) in [4.78, 5) is 29.9. The van der Waals surface area contributed by atoms with Crippen molar-refractivity contribution < 1.29 is 14.7 Å². The van der Waals surface area contributed by atoms with Gasteiger partial charge in [-0.2, -0.15) is 0 Å². The van der Waals surface area contributed by atoms with E-state index >= 15 is 0 Å². The number of carboxylic acids is 1. The number of likely N-dealkylation sites (tertiary alicyclic amines) is 1. The first-order valence-electron chi connectivity index (χ1n) is 8.16. The molecule has 3 aliphatic rings. The molecule has 2 amide bonds. The van der Waals surface area contributed by atoms with E-state index in [1.54, 1.807) is 4.90 Å². The number of hydrogen-bond donors (Lipinski definition) is 1. The molecule has 0 aliphatic carbocycles. The number of piperidine rings is 1. The van der Waals surface area contributed by atoms with Gasteiger partial charge in [-0.25, -0.2) is 4.79 Å². The molecule has 2 atom stereocenters. The van der Waals surface area contributed by atoms with Crippen LogP contribution in [-0.2, 0) is 4.79 Å². The Morgan fingerprint density at radius 1 is 1.00 bits per heavy atom. The van der Waals surface area contributed by atoms with Gasteiger partial charge in [0, 0.05) is 38.3 Å². The van der Waals surface area contributed by atoms with Crippen molar-refractivity contribution in [1.82, 2.24) is 14.7 Å². The lowest BCUT2D eigenvalue weighted by molar-refractivity contribution is -0.138. The van der Waals surface area contributed by atoms with Gasteiger partial charge >= 0.3 is 12.0 Å². The van der Waals surface area contributed by atoms with Crippen LogP contribution in [0.1, 0.15) is 38.5 Å². The van der Waals surface area contributed by atoms with Gasteiger partial charge in [0.15, 0.2) is 0 Å². The van der Waals surface area contributed by atoms with Crippen LogP contribution in [0.4, 0.5) is 4.79 Å². The van der Waals surface area contributed by atoms with Crippen LogP contribution in [-0.4, -0.2) is 76.6 Å². The Bertz CT molecular complexity index is 415. The minimum Gasteiger partial charge on any atom is -0.481 e. The minimum atomic E-state index is -0.809. The Hall–Kier alpha value is -1.30. The Balaban J connectivity index is 1.60. The van der Waals surface area contributed by atoms with Crippen molar-refractivity contribution in [2.75, 3.05) is 32.7 Å². The van der Waals surface area contributed by atoms with Crippen molar-refractivity contribution in [1.29, 1.82) is 0 Å². The summed E-state index contributed by atoms with van der Waals surface area (Å²) in [6, 6.07) is 0.459. The summed E-state index contributed by atoms with van der Waals surface area (Å²) >= 11 is 0. The zero-order valence-corrected chi connectivity index (χ0v) is 12.5. The van der Waals surface area contributed by atoms with Crippen LogP contribution in [0.5, 0.6) is 0 Å². The second kappa shape index (κ2) is 6.22. The zero-order chi connectivity index (χ0) is 14.8. The van der Waals surface area contributed by atoms with Crippen molar-refractivity contribution in [3.8, 4) is 0 Å². The third-order valence-corrected chi connectivity index (χ3v) is 5.14. The van der Waals surface area contributed by atoms with Crippen LogP contribution >= 0.6 is 0 Å². The number of fused-ring (bicyclic) bond motifs is 1. The highest BCUT2D eigenvalue weighted by Crippen LogP contribution is 2.25. The van der Waals surface area contributed by atoms with Gasteiger partial charge in [0.1, 0.15) is 0 Å². The Kier molecular flexibility index (Phi) is 4.33. The summed E-state index contributed by atoms with van der Waals surface area (Å²) in [7, 11) is 0. The number of carbonyl (C=O) groups excluding carboxylic acids is 1. The monoisotopic (exact) mass is 295 g/mol. The Labute approximate surface area is 125 Å². The molecule has 0 aromatic carbocycles. The molecule has 3 rings (SSSR count). The van der Waals surface area contributed by atoms with Crippen molar-refractivity contribution in [2.45, 2.75) is 50.6 Å². The SMILES string of the molecule is O=C(O)CC1CCCN1C(=O)N1CCN2CCCCC2C1. The highest BCUT2D eigenvalue weighted by atomic mass is 16.4. The van der Waals surface area contributed by atoms with E-state index < -0.39 is 5.97 Å². The lowest BCUT2D eigenvalue weighted by Gasteiger charge is -2.45. The van der Waals surface area contributed by atoms with Gasteiger partial charge in [-0.15, -0.1) is 0 Å². The van der Waals surface area contributed by atoms with Crippen LogP contribution in [0.15, 0.2) is 0 Å². The Morgan fingerprint density at radius 3 is 2.67 bits per heavy atom. The standard InChI is InChI=1S/C15H25N3O3/c19-14(20)10-12-5-3-7-18(12)15(21)17-9-8-16-6-2-1-4-13(16)11-17/h12-13H,1-11H2,(H,19,20). The fourth-order valence-corrected chi connectivity index (χ4v) is 4.01. The van der Waals surface area contributed by atoms with E-state index in [0.717, 1.165) is 39.0 Å². The fourth-order valence-electron chi connectivity index (χ4n) is 4.01. The number of amides is 2. The topological polar surface area (TPSA) is 64.1 Å². The van der Waals surface area contributed by atoms with E-state index in [4.69, 9.17) is 5.11 Å². The van der Waals surface area contributed by atoms with Gasteiger partial charge < -0.3 is 14.9 Å². The van der Waals surface area contributed by atoms with Gasteiger partial charge in [-0.1, -0.05) is 6.42 Å². The van der Waals surface area contributed by atoms with Crippen molar-refractivity contribution >= 4 is 12.0 Å². The molecule has 0 spiro atoms. The predicted octanol–water partition coefficient (Wildman–Crippen LogP) is 1.22. The molecule has 3 saturated heterocycles. The molecule has 3 heterocycles. The number of aliphatic carboxylic acids is 1. The molecular weight excluding hydrogens is 270 g/mol. The molecule has 0 aromatic heterocycles. The summed E-state index contributed by atoms with van der Waals surface area (Å²) in [5.74, 6) is -0.809. The molecule has 0 aromatic rings. The molecule has 0 saturated carbocycles. The molecule has 3 aliphatic heterocycles. The molecule has 21 heavy (non-hydrogen) atoms. The largest absolute Gasteiger partial charge is 0.481 e. The first-order chi connectivity index (χ1) is 10.1. The van der Waals surface area contributed by atoms with Gasteiger partial charge in [0.25, 0.3) is 0 Å². The van der Waals surface area contributed by atoms with E-state index in [1.165, 1.54) is 19.3 Å². The summed E-state index contributed by atoms with van der Waals surface area (Å²) in [5.41, 5.74) is 0. The van der Waals surface area contributed by atoms with Crippen LogP contribution in [0.3, 0.4) is 0 Å². The first-order valence-corrected chi connectivity index (χ1v) is 8.16. The van der Waals surface area contributed by atoms with E-state index in [0.29, 0.717) is 12.6 Å². The highest BCUT2D eigenvalue weighted by Gasteiger charge is 2.37. The van der Waals surface area contributed by atoms with Crippen molar-refractivity contribution in [3.05, 3.63) is 0 Å². The molecule has 0 bridgehead atoms. The van der Waals surface area contributed by atoms with E-state index in [2.05, 4.69) is 4.90 Å². The highest BCUT2D eigenvalue weighted by molar-refractivity contribution is 5.76. The van der Waals surface area contributed by atoms with E-state index in [-0.39, 0.29) is 18.5 Å². The normalized spacial score (nSPS) is 30.3. The fraction of sp³-hybridized carbons (Fsp3) is 0.867. The van der Waals surface area contributed by atoms with Gasteiger partial charge in [0.05, 0.1) is 6.42 Å². The number of carboxylic acid groups (broad SMARTS) is 1. The maximum Gasteiger partial charge on any atom is 0.320 e. The van der Waals surface area contributed by atoms with Gasteiger partial charge in [0.2, 0.25) is 0 Å². The number of urea groups is 1. The second-order valence-electron chi connectivity index (χ2n) is 6.50. The molecular formula is C15H25N3O3. The first kappa shape index (κ1) is 14.6. The molecule has 3 fully saturated rings. The molecule has 118 valence electrons. The molecule has 0 radical (unpaired) electrons. The number of piperazine rings is 1. The van der Waals surface area contributed by atoms with E-state index in [9.17, 15) is 9.59 Å². The van der Waals surface area contributed by atoms with E-state index in [1.807, 2.05) is 4.90 Å².